The maximum atomic E-state index is 8.79. The fourth-order valence-corrected chi connectivity index (χ4v) is 1.43. The number of methoxy groups -OCH3 is 1. The van der Waals surface area contributed by atoms with Crippen molar-refractivity contribution < 1.29 is 4.74 Å². The third-order valence-corrected chi connectivity index (χ3v) is 2.27. The second-order valence-electron chi connectivity index (χ2n) is 2.81. The van der Waals surface area contributed by atoms with Crippen molar-refractivity contribution >= 4 is 11.6 Å². The zero-order valence-electron chi connectivity index (χ0n) is 7.83. The number of hydrogen-bond acceptors (Lipinski definition) is 3. The highest BCUT2D eigenvalue weighted by Gasteiger charge is 2.10. The van der Waals surface area contributed by atoms with Crippen LogP contribution < -0.4 is 10.5 Å². The molecule has 1 rings (SSSR count). The van der Waals surface area contributed by atoms with Crippen molar-refractivity contribution in [1.82, 2.24) is 0 Å². The van der Waals surface area contributed by atoms with Gasteiger partial charge in [0, 0.05) is 6.54 Å². The van der Waals surface area contributed by atoms with Gasteiger partial charge in [0.2, 0.25) is 0 Å². The van der Waals surface area contributed by atoms with E-state index in [9.17, 15) is 0 Å². The fraction of sp³-hybridized carbons (Fsp3) is 0.300. The van der Waals surface area contributed by atoms with E-state index in [-0.39, 0.29) is 5.92 Å². The van der Waals surface area contributed by atoms with Crippen LogP contribution in [0.1, 0.15) is 11.5 Å². The van der Waals surface area contributed by atoms with Gasteiger partial charge < -0.3 is 10.5 Å². The second-order valence-corrected chi connectivity index (χ2v) is 3.22. The van der Waals surface area contributed by atoms with Crippen LogP contribution in [-0.2, 0) is 0 Å². The number of nitrogens with two attached hydrogens (primary N) is 1. The molecule has 0 spiro atoms. The van der Waals surface area contributed by atoms with Crippen LogP contribution in [0, 0.1) is 11.3 Å². The minimum absolute atomic E-state index is 0.291. The molecule has 0 saturated carbocycles. The number of hydrogen-bond donors (Lipinski definition) is 1. The number of halogens is 1. The van der Waals surface area contributed by atoms with Crippen LogP contribution in [0.2, 0.25) is 5.02 Å². The summed E-state index contributed by atoms with van der Waals surface area (Å²) in [5, 5.41) is 9.29. The standard InChI is InChI=1S/C10H11ClN2O/c1-14-10-3-2-7(4-9(10)11)8(5-12)6-13/h2-4,8H,5,12H2,1H3. The lowest BCUT2D eigenvalue weighted by Crippen LogP contribution is -2.10. The van der Waals surface area contributed by atoms with E-state index in [1.807, 2.05) is 0 Å². The number of nitrogens with zero attached hydrogens (tertiary/aromatic N) is 1. The first kappa shape index (κ1) is 10.8. The Labute approximate surface area is 88.0 Å². The summed E-state index contributed by atoms with van der Waals surface area (Å²) in [6.45, 7) is 0.291. The maximum Gasteiger partial charge on any atom is 0.137 e. The Morgan fingerprint density at radius 3 is 2.79 bits per heavy atom. The van der Waals surface area contributed by atoms with Crippen LogP contribution >= 0.6 is 11.6 Å². The molecule has 0 heterocycles. The fourth-order valence-electron chi connectivity index (χ4n) is 1.16. The first-order chi connectivity index (χ1) is 6.72. The Balaban J connectivity index is 3.03. The van der Waals surface area contributed by atoms with E-state index >= 15 is 0 Å². The number of ether oxygens (including phenoxy) is 1. The van der Waals surface area contributed by atoms with Crippen molar-refractivity contribution in [2.24, 2.45) is 5.73 Å². The van der Waals surface area contributed by atoms with Crippen molar-refractivity contribution in [2.75, 3.05) is 13.7 Å². The monoisotopic (exact) mass is 210 g/mol. The zero-order chi connectivity index (χ0) is 10.6. The smallest absolute Gasteiger partial charge is 0.137 e. The van der Waals surface area contributed by atoms with E-state index in [2.05, 4.69) is 6.07 Å². The summed E-state index contributed by atoms with van der Waals surface area (Å²) in [5.41, 5.74) is 6.26. The molecule has 0 aromatic heterocycles. The number of nitriles is 1. The maximum absolute atomic E-state index is 8.79. The minimum atomic E-state index is -0.307. The van der Waals surface area contributed by atoms with Gasteiger partial charge in [-0.2, -0.15) is 5.26 Å². The molecule has 0 bridgehead atoms. The summed E-state index contributed by atoms with van der Waals surface area (Å²) in [4.78, 5) is 0. The molecule has 1 atom stereocenters. The van der Waals surface area contributed by atoms with Crippen molar-refractivity contribution in [1.29, 1.82) is 5.26 Å². The van der Waals surface area contributed by atoms with Gasteiger partial charge in [0.05, 0.1) is 24.1 Å². The predicted molar refractivity (Wildman–Crippen MR) is 55.4 cm³/mol. The molecule has 2 N–H and O–H groups in total. The van der Waals surface area contributed by atoms with E-state index < -0.39 is 0 Å². The van der Waals surface area contributed by atoms with Crippen LogP contribution in [0.4, 0.5) is 0 Å². The molecule has 0 amide bonds. The summed E-state index contributed by atoms with van der Waals surface area (Å²) in [6, 6.07) is 7.35. The van der Waals surface area contributed by atoms with Gasteiger partial charge in [-0.1, -0.05) is 17.7 Å². The summed E-state index contributed by atoms with van der Waals surface area (Å²) in [5.74, 6) is 0.294. The molecular formula is C10H11ClN2O. The van der Waals surface area contributed by atoms with E-state index in [1.165, 1.54) is 0 Å². The van der Waals surface area contributed by atoms with E-state index in [1.54, 1.807) is 25.3 Å². The predicted octanol–water partition coefficient (Wildman–Crippen LogP) is 1.91. The van der Waals surface area contributed by atoms with Crippen LogP contribution in [-0.4, -0.2) is 13.7 Å². The second kappa shape index (κ2) is 4.85. The third kappa shape index (κ3) is 2.16. The van der Waals surface area contributed by atoms with E-state index in [4.69, 9.17) is 27.3 Å². The topological polar surface area (TPSA) is 59.0 Å². The summed E-state index contributed by atoms with van der Waals surface area (Å²) in [6.07, 6.45) is 0. The van der Waals surface area contributed by atoms with Gasteiger partial charge in [0.25, 0.3) is 0 Å². The van der Waals surface area contributed by atoms with Crippen molar-refractivity contribution in [2.45, 2.75) is 5.92 Å². The summed E-state index contributed by atoms with van der Waals surface area (Å²) >= 11 is 5.91. The van der Waals surface area contributed by atoms with Gasteiger partial charge in [-0.05, 0) is 17.7 Å². The molecule has 74 valence electrons. The number of benzene rings is 1. The molecule has 3 nitrogen and oxygen atoms in total. The lowest BCUT2D eigenvalue weighted by atomic mass is 10.0. The molecule has 4 heteroatoms. The molecule has 0 aliphatic rings. The molecular weight excluding hydrogens is 200 g/mol. The molecule has 1 aromatic rings. The van der Waals surface area contributed by atoms with Gasteiger partial charge in [-0.15, -0.1) is 0 Å². The van der Waals surface area contributed by atoms with Crippen LogP contribution in [0.3, 0.4) is 0 Å². The van der Waals surface area contributed by atoms with Gasteiger partial charge in [-0.25, -0.2) is 0 Å². The minimum Gasteiger partial charge on any atom is -0.495 e. The highest BCUT2D eigenvalue weighted by molar-refractivity contribution is 6.32. The molecule has 0 aliphatic carbocycles. The Hall–Kier alpha value is -1.24. The first-order valence-electron chi connectivity index (χ1n) is 4.16. The summed E-state index contributed by atoms with van der Waals surface area (Å²) < 4.78 is 5.00. The Morgan fingerprint density at radius 2 is 2.36 bits per heavy atom. The molecule has 0 aliphatic heterocycles. The molecule has 0 radical (unpaired) electrons. The normalized spacial score (nSPS) is 11.9. The van der Waals surface area contributed by atoms with Crippen molar-refractivity contribution in [3.8, 4) is 11.8 Å². The SMILES string of the molecule is COc1ccc(C(C#N)CN)cc1Cl. The van der Waals surface area contributed by atoms with E-state index in [0.717, 1.165) is 5.56 Å². The Morgan fingerprint density at radius 1 is 1.64 bits per heavy atom. The van der Waals surface area contributed by atoms with Crippen molar-refractivity contribution in [3.05, 3.63) is 28.8 Å². The average molecular weight is 211 g/mol. The van der Waals surface area contributed by atoms with Crippen LogP contribution in [0.15, 0.2) is 18.2 Å². The highest BCUT2D eigenvalue weighted by atomic mass is 35.5. The Bertz CT molecular complexity index is 360. The van der Waals surface area contributed by atoms with Gasteiger partial charge in [0.15, 0.2) is 0 Å². The first-order valence-corrected chi connectivity index (χ1v) is 4.53. The number of rotatable bonds is 3. The largest absolute Gasteiger partial charge is 0.495 e. The average Bonchev–Trinajstić information content (AvgIpc) is 2.20. The Kier molecular flexibility index (Phi) is 3.75. The molecule has 0 fully saturated rings. The van der Waals surface area contributed by atoms with Crippen molar-refractivity contribution in [3.63, 3.8) is 0 Å². The quantitative estimate of drug-likeness (QED) is 0.829. The summed E-state index contributed by atoms with van der Waals surface area (Å²) in [7, 11) is 1.55. The van der Waals surface area contributed by atoms with E-state index in [0.29, 0.717) is 17.3 Å². The molecule has 0 saturated heterocycles. The van der Waals surface area contributed by atoms with Gasteiger partial charge >= 0.3 is 0 Å². The van der Waals surface area contributed by atoms with Crippen LogP contribution in [0.5, 0.6) is 5.75 Å². The van der Waals surface area contributed by atoms with Gasteiger partial charge in [0.1, 0.15) is 5.75 Å². The highest BCUT2D eigenvalue weighted by Crippen LogP contribution is 2.27. The third-order valence-electron chi connectivity index (χ3n) is 1.97. The van der Waals surface area contributed by atoms with Gasteiger partial charge in [-0.3, -0.25) is 0 Å². The molecule has 1 unspecified atom stereocenters. The van der Waals surface area contributed by atoms with Crippen LogP contribution in [0.25, 0.3) is 0 Å². The molecule has 14 heavy (non-hydrogen) atoms. The lowest BCUT2D eigenvalue weighted by Gasteiger charge is -2.08. The zero-order valence-corrected chi connectivity index (χ0v) is 8.58. The lowest BCUT2D eigenvalue weighted by molar-refractivity contribution is 0.415. The molecule has 1 aromatic carbocycles.